The molecular weight excluding hydrogens is 422 g/mol. The normalized spacial score (nSPS) is 11.9. The first-order chi connectivity index (χ1) is 15.8. The zero-order valence-corrected chi connectivity index (χ0v) is 19.3. The number of fused-ring (bicyclic) bond motifs is 1. The van der Waals surface area contributed by atoms with E-state index in [2.05, 4.69) is 5.32 Å². The van der Waals surface area contributed by atoms with Crippen molar-refractivity contribution in [1.82, 2.24) is 5.32 Å². The Morgan fingerprint density at radius 3 is 2.48 bits per heavy atom. The lowest BCUT2D eigenvalue weighted by Gasteiger charge is -2.21. The number of amides is 1. The van der Waals surface area contributed by atoms with Crippen molar-refractivity contribution in [2.45, 2.75) is 53.2 Å². The topological polar surface area (TPSA) is 94.8 Å². The number of carbonyl (C=O) groups excluding carboxylic acids is 2. The number of esters is 1. The predicted octanol–water partition coefficient (Wildman–Crippen LogP) is 4.91. The van der Waals surface area contributed by atoms with E-state index in [0.29, 0.717) is 11.1 Å². The van der Waals surface area contributed by atoms with Gasteiger partial charge in [-0.05, 0) is 42.5 Å². The molecule has 0 aliphatic rings. The van der Waals surface area contributed by atoms with Crippen LogP contribution in [0.1, 0.15) is 43.9 Å². The molecule has 1 aromatic heterocycles. The number of hydrogen-bond acceptors (Lipinski definition) is 6. The summed E-state index contributed by atoms with van der Waals surface area (Å²) in [4.78, 5) is 37.2. The number of benzene rings is 2. The van der Waals surface area contributed by atoms with Crippen LogP contribution in [0.25, 0.3) is 11.0 Å². The van der Waals surface area contributed by atoms with Crippen LogP contribution in [0.2, 0.25) is 0 Å². The molecule has 0 aliphatic heterocycles. The summed E-state index contributed by atoms with van der Waals surface area (Å²) in [7, 11) is 0. The van der Waals surface area contributed by atoms with Gasteiger partial charge in [0.1, 0.15) is 24.0 Å². The van der Waals surface area contributed by atoms with Crippen LogP contribution in [0.15, 0.2) is 57.7 Å². The highest BCUT2D eigenvalue weighted by molar-refractivity contribution is 5.88. The van der Waals surface area contributed by atoms with E-state index < -0.39 is 23.7 Å². The molecule has 2 aromatic carbocycles. The maximum Gasteiger partial charge on any atom is 0.408 e. The third kappa shape index (κ3) is 6.00. The van der Waals surface area contributed by atoms with Crippen LogP contribution >= 0.6 is 0 Å². The highest BCUT2D eigenvalue weighted by atomic mass is 16.6. The summed E-state index contributed by atoms with van der Waals surface area (Å²) in [6, 6.07) is 13.3. The van der Waals surface area contributed by atoms with Gasteiger partial charge in [-0.3, -0.25) is 0 Å². The highest BCUT2D eigenvalue weighted by Crippen LogP contribution is 2.29. The fraction of sp³-hybridized carbons (Fsp3) is 0.346. The van der Waals surface area contributed by atoms with Gasteiger partial charge < -0.3 is 19.2 Å². The van der Waals surface area contributed by atoms with Crippen LogP contribution in [0.3, 0.4) is 0 Å². The minimum Gasteiger partial charge on any atom is -0.445 e. The zero-order chi connectivity index (χ0) is 24.0. The Hall–Kier alpha value is -3.61. The standard InChI is InChI=1S/C26H29NO6/c1-5-9-19-14-22(28)33-24-17(4)21(13-12-20(19)24)32-25(29)23(16(2)3)27-26(30)31-15-18-10-7-6-8-11-18/h6-8,10-14,16,23H,5,9,15H2,1-4H3,(H,27,30). The van der Waals surface area contributed by atoms with Crippen LogP contribution in [0.4, 0.5) is 4.79 Å². The molecule has 0 spiro atoms. The first-order valence-corrected chi connectivity index (χ1v) is 11.0. The van der Waals surface area contributed by atoms with Gasteiger partial charge in [-0.1, -0.05) is 57.5 Å². The van der Waals surface area contributed by atoms with Gasteiger partial charge in [-0.2, -0.15) is 0 Å². The van der Waals surface area contributed by atoms with Crippen molar-refractivity contribution >= 4 is 23.0 Å². The minimum absolute atomic E-state index is 0.0927. The van der Waals surface area contributed by atoms with Gasteiger partial charge in [0.25, 0.3) is 0 Å². The molecule has 0 aliphatic carbocycles. The summed E-state index contributed by atoms with van der Waals surface area (Å²) in [5, 5.41) is 3.41. The molecule has 1 unspecified atom stereocenters. The molecular formula is C26H29NO6. The molecule has 0 radical (unpaired) electrons. The van der Waals surface area contributed by atoms with E-state index in [9.17, 15) is 14.4 Å². The fourth-order valence-corrected chi connectivity index (χ4v) is 3.56. The molecule has 1 atom stereocenters. The second kappa shape index (κ2) is 10.8. The molecule has 0 saturated heterocycles. The number of nitrogens with one attached hydrogen (secondary N) is 1. The average Bonchev–Trinajstić information content (AvgIpc) is 2.79. The quantitative estimate of drug-likeness (QED) is 0.297. The number of alkyl carbamates (subject to hydrolysis) is 1. The van der Waals surface area contributed by atoms with Gasteiger partial charge in [-0.15, -0.1) is 0 Å². The molecule has 3 aromatic rings. The van der Waals surface area contributed by atoms with E-state index in [1.54, 1.807) is 32.9 Å². The summed E-state index contributed by atoms with van der Waals surface area (Å²) in [5.41, 5.74) is 2.23. The monoisotopic (exact) mass is 451 g/mol. The van der Waals surface area contributed by atoms with E-state index in [0.717, 1.165) is 29.4 Å². The van der Waals surface area contributed by atoms with E-state index in [4.69, 9.17) is 13.9 Å². The number of carbonyl (C=O) groups is 2. The van der Waals surface area contributed by atoms with Gasteiger partial charge in [0, 0.05) is 17.0 Å². The molecule has 7 nitrogen and oxygen atoms in total. The minimum atomic E-state index is -0.915. The zero-order valence-electron chi connectivity index (χ0n) is 19.3. The number of hydrogen-bond donors (Lipinski definition) is 1. The summed E-state index contributed by atoms with van der Waals surface area (Å²) < 4.78 is 16.3. The number of aryl methyl sites for hydroxylation is 2. The lowest BCUT2D eigenvalue weighted by atomic mass is 10.0. The molecule has 0 fully saturated rings. The molecule has 1 N–H and O–H groups in total. The van der Waals surface area contributed by atoms with Gasteiger partial charge in [-0.25, -0.2) is 14.4 Å². The molecule has 0 saturated carbocycles. The average molecular weight is 452 g/mol. The molecule has 174 valence electrons. The molecule has 1 amide bonds. The third-order valence-electron chi connectivity index (χ3n) is 5.33. The highest BCUT2D eigenvalue weighted by Gasteiger charge is 2.28. The second-order valence-electron chi connectivity index (χ2n) is 8.25. The largest absolute Gasteiger partial charge is 0.445 e. The Balaban J connectivity index is 1.75. The van der Waals surface area contributed by atoms with Crippen molar-refractivity contribution in [2.75, 3.05) is 0 Å². The van der Waals surface area contributed by atoms with Crippen LogP contribution in [-0.4, -0.2) is 18.1 Å². The van der Waals surface area contributed by atoms with Crippen molar-refractivity contribution in [3.8, 4) is 5.75 Å². The van der Waals surface area contributed by atoms with Crippen molar-refractivity contribution < 1.29 is 23.5 Å². The lowest BCUT2D eigenvalue weighted by molar-refractivity contribution is -0.137. The van der Waals surface area contributed by atoms with Gasteiger partial charge in [0.15, 0.2) is 0 Å². The van der Waals surface area contributed by atoms with Crippen LogP contribution in [0.5, 0.6) is 5.75 Å². The fourth-order valence-electron chi connectivity index (χ4n) is 3.56. The lowest BCUT2D eigenvalue weighted by Crippen LogP contribution is -2.46. The predicted molar refractivity (Wildman–Crippen MR) is 125 cm³/mol. The van der Waals surface area contributed by atoms with Crippen LogP contribution in [-0.2, 0) is 22.6 Å². The smallest absolute Gasteiger partial charge is 0.408 e. The summed E-state index contributed by atoms with van der Waals surface area (Å²) in [5.74, 6) is -0.595. The van der Waals surface area contributed by atoms with Crippen LogP contribution < -0.4 is 15.7 Å². The van der Waals surface area contributed by atoms with Crippen molar-refractivity contribution in [1.29, 1.82) is 0 Å². The molecule has 7 heteroatoms. The van der Waals surface area contributed by atoms with Crippen molar-refractivity contribution in [3.05, 3.63) is 75.6 Å². The molecule has 0 bridgehead atoms. The van der Waals surface area contributed by atoms with E-state index in [-0.39, 0.29) is 18.3 Å². The van der Waals surface area contributed by atoms with Gasteiger partial charge in [0.05, 0.1) is 0 Å². The third-order valence-corrected chi connectivity index (χ3v) is 5.33. The molecule has 3 rings (SSSR count). The van der Waals surface area contributed by atoms with Crippen LogP contribution in [0, 0.1) is 12.8 Å². The Labute approximate surface area is 192 Å². The maximum atomic E-state index is 12.9. The first-order valence-electron chi connectivity index (χ1n) is 11.0. The van der Waals surface area contributed by atoms with Crippen molar-refractivity contribution in [3.63, 3.8) is 0 Å². The van der Waals surface area contributed by atoms with Gasteiger partial charge in [0.2, 0.25) is 0 Å². The Morgan fingerprint density at radius 1 is 1.09 bits per heavy atom. The summed E-state index contributed by atoms with van der Waals surface area (Å²) >= 11 is 0. The first kappa shape index (κ1) is 24.0. The Bertz CT molecular complexity index is 1180. The van der Waals surface area contributed by atoms with Gasteiger partial charge >= 0.3 is 17.7 Å². The Morgan fingerprint density at radius 2 is 1.82 bits per heavy atom. The molecule has 1 heterocycles. The van der Waals surface area contributed by atoms with E-state index in [1.165, 1.54) is 6.07 Å². The maximum absolute atomic E-state index is 12.9. The Kier molecular flexibility index (Phi) is 7.87. The summed E-state index contributed by atoms with van der Waals surface area (Å²) in [6.45, 7) is 7.46. The second-order valence-corrected chi connectivity index (χ2v) is 8.25. The van der Waals surface area contributed by atoms with Crippen molar-refractivity contribution in [2.24, 2.45) is 5.92 Å². The summed E-state index contributed by atoms with van der Waals surface area (Å²) in [6.07, 6.45) is 0.918. The number of ether oxygens (including phenoxy) is 2. The SMILES string of the molecule is CCCc1cc(=O)oc2c(C)c(OC(=O)C(NC(=O)OCc3ccccc3)C(C)C)ccc12. The molecule has 33 heavy (non-hydrogen) atoms. The van der Waals surface area contributed by atoms with E-state index >= 15 is 0 Å². The number of rotatable bonds is 8. The van der Waals surface area contributed by atoms with E-state index in [1.807, 2.05) is 37.3 Å².